The lowest BCUT2D eigenvalue weighted by molar-refractivity contribution is 0.0966. The molecular formula is C24H16FN3O3. The zero-order chi connectivity index (χ0) is 22.0. The highest BCUT2D eigenvalue weighted by atomic mass is 19.1. The Balaban J connectivity index is 2.03. The van der Waals surface area contributed by atoms with Crippen LogP contribution in [0.4, 0.5) is 4.39 Å². The first kappa shape index (κ1) is 20.0. The number of rotatable bonds is 5. The standard InChI is InChI=1S/C24H16FN3O3/c1-31-17-8-9-18-19(12-17)23(15-5-4-6-16(25)11-15)21(13-26)28(24(18)30)14-22(29)20-7-2-3-10-27-20/h2-12H,14H2,1H3. The van der Waals surface area contributed by atoms with Gasteiger partial charge in [0.15, 0.2) is 0 Å². The summed E-state index contributed by atoms with van der Waals surface area (Å²) in [7, 11) is 1.49. The van der Waals surface area contributed by atoms with Crippen LogP contribution in [0.1, 0.15) is 16.2 Å². The maximum Gasteiger partial charge on any atom is 0.259 e. The van der Waals surface area contributed by atoms with Crippen LogP contribution in [0.5, 0.6) is 5.75 Å². The quantitative estimate of drug-likeness (QED) is 0.462. The van der Waals surface area contributed by atoms with E-state index >= 15 is 0 Å². The maximum atomic E-state index is 14.0. The van der Waals surface area contributed by atoms with Crippen LogP contribution < -0.4 is 10.3 Å². The fourth-order valence-electron chi connectivity index (χ4n) is 3.51. The molecule has 2 heterocycles. The van der Waals surface area contributed by atoms with Gasteiger partial charge in [0.05, 0.1) is 13.7 Å². The average Bonchev–Trinajstić information content (AvgIpc) is 2.80. The molecule has 0 aliphatic rings. The van der Waals surface area contributed by atoms with Crippen molar-refractivity contribution in [1.29, 1.82) is 5.26 Å². The Labute approximate surface area is 176 Å². The summed E-state index contributed by atoms with van der Waals surface area (Å²) in [5, 5.41) is 10.7. The second-order valence-corrected chi connectivity index (χ2v) is 6.79. The summed E-state index contributed by atoms with van der Waals surface area (Å²) in [4.78, 5) is 30.0. The molecule has 0 bridgehead atoms. The van der Waals surface area contributed by atoms with Gasteiger partial charge in [0.2, 0.25) is 5.78 Å². The van der Waals surface area contributed by atoms with Crippen molar-refractivity contribution in [2.24, 2.45) is 0 Å². The number of nitrogens with zero attached hydrogens (tertiary/aromatic N) is 3. The second kappa shape index (κ2) is 8.20. The number of ether oxygens (including phenoxy) is 1. The van der Waals surface area contributed by atoms with Crippen LogP contribution in [0.2, 0.25) is 0 Å². The summed E-state index contributed by atoms with van der Waals surface area (Å²) in [6, 6.07) is 17.5. The summed E-state index contributed by atoms with van der Waals surface area (Å²) < 4.78 is 20.4. The van der Waals surface area contributed by atoms with Crippen molar-refractivity contribution in [1.82, 2.24) is 9.55 Å². The molecule has 0 saturated heterocycles. The van der Waals surface area contributed by atoms with Crippen molar-refractivity contribution in [3.8, 4) is 22.9 Å². The molecule has 0 unspecified atom stereocenters. The van der Waals surface area contributed by atoms with Gasteiger partial charge in [0, 0.05) is 22.5 Å². The van der Waals surface area contributed by atoms with E-state index in [9.17, 15) is 19.2 Å². The van der Waals surface area contributed by atoms with Crippen LogP contribution >= 0.6 is 0 Å². The Morgan fingerprint density at radius 1 is 1.13 bits per heavy atom. The number of carbonyl (C=O) groups is 1. The minimum Gasteiger partial charge on any atom is -0.497 e. The topological polar surface area (TPSA) is 85.0 Å². The maximum absolute atomic E-state index is 14.0. The van der Waals surface area contributed by atoms with E-state index in [1.54, 1.807) is 42.5 Å². The number of hydrogen-bond acceptors (Lipinski definition) is 5. The number of fused-ring (bicyclic) bond motifs is 1. The molecule has 0 fully saturated rings. The van der Waals surface area contributed by atoms with Crippen LogP contribution in [-0.2, 0) is 6.54 Å². The van der Waals surface area contributed by atoms with Crippen LogP contribution in [0.15, 0.2) is 71.7 Å². The first-order valence-electron chi connectivity index (χ1n) is 9.38. The van der Waals surface area contributed by atoms with Crippen LogP contribution in [0.25, 0.3) is 21.9 Å². The summed E-state index contributed by atoms with van der Waals surface area (Å²) in [6.45, 7) is -0.372. The lowest BCUT2D eigenvalue weighted by Gasteiger charge is -2.16. The molecule has 0 saturated carbocycles. The number of hydrogen-bond donors (Lipinski definition) is 0. The molecule has 0 aliphatic heterocycles. The highest BCUT2D eigenvalue weighted by molar-refractivity contribution is 6.00. The van der Waals surface area contributed by atoms with Gasteiger partial charge in [-0.2, -0.15) is 5.26 Å². The molecule has 0 atom stereocenters. The van der Waals surface area contributed by atoms with E-state index in [4.69, 9.17) is 4.74 Å². The van der Waals surface area contributed by atoms with Gasteiger partial charge >= 0.3 is 0 Å². The Morgan fingerprint density at radius 2 is 1.97 bits per heavy atom. The highest BCUT2D eigenvalue weighted by Crippen LogP contribution is 2.33. The molecular weight excluding hydrogens is 397 g/mol. The smallest absolute Gasteiger partial charge is 0.259 e. The van der Waals surface area contributed by atoms with Gasteiger partial charge in [0.1, 0.15) is 29.0 Å². The molecule has 2 aromatic heterocycles. The molecule has 4 aromatic rings. The van der Waals surface area contributed by atoms with E-state index in [0.717, 1.165) is 4.57 Å². The number of Topliss-reactive ketones (excluding diaryl/α,β-unsaturated/α-hetero) is 1. The SMILES string of the molecule is COc1ccc2c(=O)n(CC(=O)c3ccccn3)c(C#N)c(-c3cccc(F)c3)c2c1. The monoisotopic (exact) mass is 413 g/mol. The van der Waals surface area contributed by atoms with Crippen LogP contribution in [0, 0.1) is 17.1 Å². The number of methoxy groups -OCH3 is 1. The summed E-state index contributed by atoms with van der Waals surface area (Å²) in [5.41, 5.74) is 0.401. The van der Waals surface area contributed by atoms with Crippen molar-refractivity contribution in [2.45, 2.75) is 6.54 Å². The van der Waals surface area contributed by atoms with Crippen LogP contribution in [-0.4, -0.2) is 22.4 Å². The van der Waals surface area contributed by atoms with E-state index < -0.39 is 17.2 Å². The van der Waals surface area contributed by atoms with E-state index in [2.05, 4.69) is 4.98 Å². The number of halogens is 1. The summed E-state index contributed by atoms with van der Waals surface area (Å²) >= 11 is 0. The fraction of sp³-hybridized carbons (Fsp3) is 0.0833. The zero-order valence-corrected chi connectivity index (χ0v) is 16.5. The van der Waals surface area contributed by atoms with Crippen LogP contribution in [0.3, 0.4) is 0 Å². The number of carbonyl (C=O) groups excluding carboxylic acids is 1. The third kappa shape index (κ3) is 3.67. The van der Waals surface area contributed by atoms with Gasteiger partial charge in [-0.3, -0.25) is 19.1 Å². The summed E-state index contributed by atoms with van der Waals surface area (Å²) in [5.74, 6) is -0.423. The Hall–Kier alpha value is -4.31. The van der Waals surface area contributed by atoms with E-state index in [0.29, 0.717) is 22.3 Å². The molecule has 0 spiro atoms. The zero-order valence-electron chi connectivity index (χ0n) is 16.5. The van der Waals surface area contributed by atoms with Gasteiger partial charge in [-0.15, -0.1) is 0 Å². The molecule has 7 heteroatoms. The molecule has 0 N–H and O–H groups in total. The van der Waals surface area contributed by atoms with E-state index in [1.165, 1.54) is 31.5 Å². The molecule has 31 heavy (non-hydrogen) atoms. The minimum atomic E-state index is -0.501. The fourth-order valence-corrected chi connectivity index (χ4v) is 3.51. The number of ketones is 1. The highest BCUT2D eigenvalue weighted by Gasteiger charge is 2.21. The summed E-state index contributed by atoms with van der Waals surface area (Å²) in [6.07, 6.45) is 1.48. The Bertz CT molecular complexity index is 1410. The van der Waals surface area contributed by atoms with Crippen molar-refractivity contribution in [3.05, 3.63) is 94.4 Å². The van der Waals surface area contributed by atoms with Crippen molar-refractivity contribution in [3.63, 3.8) is 0 Å². The Morgan fingerprint density at radius 3 is 2.65 bits per heavy atom. The van der Waals surface area contributed by atoms with Gasteiger partial charge < -0.3 is 4.74 Å². The Kier molecular flexibility index (Phi) is 5.29. The van der Waals surface area contributed by atoms with Gasteiger partial charge in [-0.1, -0.05) is 18.2 Å². The van der Waals surface area contributed by atoms with Crippen molar-refractivity contribution in [2.75, 3.05) is 7.11 Å². The second-order valence-electron chi connectivity index (χ2n) is 6.79. The van der Waals surface area contributed by atoms with E-state index in [1.807, 2.05) is 6.07 Å². The minimum absolute atomic E-state index is 0.0411. The third-order valence-corrected chi connectivity index (χ3v) is 4.95. The first-order chi connectivity index (χ1) is 15.0. The molecule has 0 radical (unpaired) electrons. The average molecular weight is 413 g/mol. The van der Waals surface area contributed by atoms with Gasteiger partial charge in [-0.25, -0.2) is 4.39 Å². The molecule has 0 aliphatic carbocycles. The molecule has 4 rings (SSSR count). The van der Waals surface area contributed by atoms with Gasteiger partial charge in [0.25, 0.3) is 5.56 Å². The largest absolute Gasteiger partial charge is 0.497 e. The molecule has 152 valence electrons. The predicted molar refractivity (Wildman–Crippen MR) is 113 cm³/mol. The number of nitriles is 1. The van der Waals surface area contributed by atoms with Gasteiger partial charge in [-0.05, 0) is 48.0 Å². The number of aromatic nitrogens is 2. The lowest BCUT2D eigenvalue weighted by atomic mass is 9.96. The molecule has 2 aromatic carbocycles. The van der Waals surface area contributed by atoms with Crippen molar-refractivity contribution >= 4 is 16.6 Å². The molecule has 6 nitrogen and oxygen atoms in total. The normalized spacial score (nSPS) is 10.6. The number of pyridine rings is 2. The first-order valence-corrected chi connectivity index (χ1v) is 9.38. The van der Waals surface area contributed by atoms with Crippen molar-refractivity contribution < 1.29 is 13.9 Å². The third-order valence-electron chi connectivity index (χ3n) is 4.95. The number of benzene rings is 2. The lowest BCUT2D eigenvalue weighted by Crippen LogP contribution is -2.28. The van der Waals surface area contributed by atoms with E-state index in [-0.39, 0.29) is 23.3 Å². The predicted octanol–water partition coefficient (Wildman–Crippen LogP) is 3.97. The molecule has 0 amide bonds.